The molecule has 0 bridgehead atoms. The van der Waals surface area contributed by atoms with Crippen molar-refractivity contribution in [3.05, 3.63) is 60.8 Å². The van der Waals surface area contributed by atoms with Gasteiger partial charge in [0.15, 0.2) is 0 Å². The Morgan fingerprint density at radius 2 is 1.71 bits per heavy atom. The highest BCUT2D eigenvalue weighted by molar-refractivity contribution is 5.81. The van der Waals surface area contributed by atoms with Gasteiger partial charge in [0, 0.05) is 76.2 Å². The van der Waals surface area contributed by atoms with Crippen molar-refractivity contribution in [2.75, 3.05) is 75.7 Å². The molecule has 0 saturated carbocycles. The van der Waals surface area contributed by atoms with Crippen LogP contribution in [0.4, 0.5) is 23.0 Å². The number of rotatable bonds is 10. The van der Waals surface area contributed by atoms with Gasteiger partial charge in [-0.2, -0.15) is 0 Å². The van der Waals surface area contributed by atoms with Crippen molar-refractivity contribution in [3.63, 3.8) is 0 Å². The quantitative estimate of drug-likeness (QED) is 0.423. The van der Waals surface area contributed by atoms with Crippen molar-refractivity contribution in [3.8, 4) is 11.3 Å². The lowest BCUT2D eigenvalue weighted by Gasteiger charge is -2.36. The minimum Gasteiger partial charge on any atom is -0.384 e. The van der Waals surface area contributed by atoms with E-state index in [2.05, 4.69) is 37.6 Å². The maximum Gasteiger partial charge on any atom is 0.239 e. The summed E-state index contributed by atoms with van der Waals surface area (Å²) in [6.07, 6.45) is 2.17. The zero-order valence-corrected chi connectivity index (χ0v) is 22.2. The van der Waals surface area contributed by atoms with E-state index in [4.69, 9.17) is 4.74 Å². The van der Waals surface area contributed by atoms with Crippen LogP contribution in [0.25, 0.3) is 11.3 Å². The molecule has 0 atom stereocenters. The largest absolute Gasteiger partial charge is 0.384 e. The van der Waals surface area contributed by atoms with Crippen molar-refractivity contribution in [1.29, 1.82) is 0 Å². The summed E-state index contributed by atoms with van der Waals surface area (Å²) in [6, 6.07) is 18.0. The van der Waals surface area contributed by atoms with Gasteiger partial charge in [-0.1, -0.05) is 12.1 Å². The molecule has 38 heavy (non-hydrogen) atoms. The SMILES string of the molecule is CNC(=O)CN(C)c1ccc(-c2ccnc(Nc3ccc(N4CCN(C(=O)CCOC)CC4)cc3)n2)cc1. The van der Waals surface area contributed by atoms with Crippen LogP contribution in [-0.2, 0) is 14.3 Å². The number of nitrogens with zero attached hydrogens (tertiary/aromatic N) is 5. The Bertz CT molecular complexity index is 1210. The fourth-order valence-corrected chi connectivity index (χ4v) is 4.30. The summed E-state index contributed by atoms with van der Waals surface area (Å²) >= 11 is 0. The van der Waals surface area contributed by atoms with Crippen LogP contribution in [0.1, 0.15) is 6.42 Å². The molecule has 200 valence electrons. The van der Waals surface area contributed by atoms with Crippen LogP contribution in [-0.4, -0.2) is 87.2 Å². The Kier molecular flexibility index (Phi) is 9.10. The first-order valence-corrected chi connectivity index (χ1v) is 12.7. The molecule has 0 unspecified atom stereocenters. The highest BCUT2D eigenvalue weighted by Gasteiger charge is 2.21. The first kappa shape index (κ1) is 26.9. The number of anilines is 4. The molecule has 0 spiro atoms. The summed E-state index contributed by atoms with van der Waals surface area (Å²) in [4.78, 5) is 39.0. The number of hydrogen-bond acceptors (Lipinski definition) is 8. The van der Waals surface area contributed by atoms with Crippen LogP contribution in [0.2, 0.25) is 0 Å². The van der Waals surface area contributed by atoms with E-state index in [9.17, 15) is 9.59 Å². The number of likely N-dealkylation sites (N-methyl/N-ethyl adjacent to an activating group) is 2. The van der Waals surface area contributed by atoms with Gasteiger partial charge in [0.05, 0.1) is 25.3 Å². The third-order valence-corrected chi connectivity index (χ3v) is 6.56. The standard InChI is InChI=1S/C28H35N7O3/c1-29-26(36)20-33(2)23-8-4-21(5-9-23)25-12-14-30-28(32-25)31-22-6-10-24(11-7-22)34-15-17-35(18-16-34)27(37)13-19-38-3/h4-12,14H,13,15-20H2,1-3H3,(H,29,36)(H,30,31,32). The molecule has 2 amide bonds. The lowest BCUT2D eigenvalue weighted by atomic mass is 10.1. The number of amides is 2. The second-order valence-corrected chi connectivity index (χ2v) is 9.12. The van der Waals surface area contributed by atoms with E-state index in [0.29, 0.717) is 38.6 Å². The topological polar surface area (TPSA) is 103 Å². The van der Waals surface area contributed by atoms with Gasteiger partial charge in [0.2, 0.25) is 17.8 Å². The van der Waals surface area contributed by atoms with E-state index < -0.39 is 0 Å². The van der Waals surface area contributed by atoms with Crippen LogP contribution in [0.15, 0.2) is 60.8 Å². The molecule has 4 rings (SSSR count). The zero-order valence-electron chi connectivity index (χ0n) is 22.2. The van der Waals surface area contributed by atoms with Crippen molar-refractivity contribution < 1.29 is 14.3 Å². The zero-order chi connectivity index (χ0) is 26.9. The lowest BCUT2D eigenvalue weighted by Crippen LogP contribution is -2.49. The molecule has 0 aliphatic carbocycles. The number of methoxy groups -OCH3 is 1. The predicted molar refractivity (Wildman–Crippen MR) is 150 cm³/mol. The van der Waals surface area contributed by atoms with Gasteiger partial charge in [-0.15, -0.1) is 0 Å². The van der Waals surface area contributed by atoms with Crippen molar-refractivity contribution in [2.24, 2.45) is 0 Å². The van der Waals surface area contributed by atoms with Crippen LogP contribution in [0, 0.1) is 0 Å². The first-order valence-electron chi connectivity index (χ1n) is 12.7. The van der Waals surface area contributed by atoms with E-state index in [1.807, 2.05) is 59.3 Å². The number of nitrogens with one attached hydrogen (secondary N) is 2. The number of hydrogen-bond donors (Lipinski definition) is 2. The normalized spacial score (nSPS) is 13.2. The average Bonchev–Trinajstić information content (AvgIpc) is 2.96. The van der Waals surface area contributed by atoms with Crippen LogP contribution >= 0.6 is 0 Å². The van der Waals surface area contributed by atoms with Gasteiger partial charge in [-0.25, -0.2) is 9.97 Å². The monoisotopic (exact) mass is 517 g/mol. The molecular weight excluding hydrogens is 482 g/mol. The maximum absolute atomic E-state index is 12.2. The summed E-state index contributed by atoms with van der Waals surface area (Å²) in [5.74, 6) is 0.626. The summed E-state index contributed by atoms with van der Waals surface area (Å²) in [7, 11) is 5.13. The second kappa shape index (κ2) is 12.9. The second-order valence-electron chi connectivity index (χ2n) is 9.12. The summed E-state index contributed by atoms with van der Waals surface area (Å²) in [6.45, 7) is 3.79. The molecule has 0 radical (unpaired) electrons. The third kappa shape index (κ3) is 6.98. The smallest absolute Gasteiger partial charge is 0.239 e. The third-order valence-electron chi connectivity index (χ3n) is 6.56. The molecule has 2 heterocycles. The number of benzene rings is 2. The van der Waals surface area contributed by atoms with Gasteiger partial charge in [-0.3, -0.25) is 9.59 Å². The molecule has 1 fully saturated rings. The van der Waals surface area contributed by atoms with E-state index in [1.165, 1.54) is 0 Å². The van der Waals surface area contributed by atoms with E-state index in [-0.39, 0.29) is 11.8 Å². The predicted octanol–water partition coefficient (Wildman–Crippen LogP) is 2.75. The fraction of sp³-hybridized carbons (Fsp3) is 0.357. The van der Waals surface area contributed by atoms with Gasteiger partial charge in [0.1, 0.15) is 0 Å². The summed E-state index contributed by atoms with van der Waals surface area (Å²) in [5, 5.41) is 5.92. The van der Waals surface area contributed by atoms with E-state index in [1.54, 1.807) is 20.4 Å². The highest BCUT2D eigenvalue weighted by atomic mass is 16.5. The number of piperazine rings is 1. The summed E-state index contributed by atoms with van der Waals surface area (Å²) in [5.41, 5.74) is 4.73. The van der Waals surface area contributed by atoms with Crippen molar-refractivity contribution in [2.45, 2.75) is 6.42 Å². The molecule has 2 aromatic carbocycles. The molecule has 10 nitrogen and oxygen atoms in total. The van der Waals surface area contributed by atoms with Gasteiger partial charge in [-0.05, 0) is 42.5 Å². The van der Waals surface area contributed by atoms with Gasteiger partial charge >= 0.3 is 0 Å². The molecule has 10 heteroatoms. The maximum atomic E-state index is 12.2. The molecule has 2 N–H and O–H groups in total. The van der Waals surface area contributed by atoms with Crippen LogP contribution in [0.3, 0.4) is 0 Å². The molecule has 1 saturated heterocycles. The number of carbonyl (C=O) groups excluding carboxylic acids is 2. The number of carbonyl (C=O) groups is 2. The molecule has 3 aromatic rings. The van der Waals surface area contributed by atoms with E-state index >= 15 is 0 Å². The Labute approximate surface area is 223 Å². The molecule has 1 aliphatic rings. The molecule has 1 aliphatic heterocycles. The fourth-order valence-electron chi connectivity index (χ4n) is 4.30. The van der Waals surface area contributed by atoms with Crippen LogP contribution in [0.5, 0.6) is 0 Å². The average molecular weight is 518 g/mol. The van der Waals surface area contributed by atoms with Gasteiger partial charge in [0.25, 0.3) is 0 Å². The van der Waals surface area contributed by atoms with Crippen molar-refractivity contribution >= 4 is 34.8 Å². The lowest BCUT2D eigenvalue weighted by molar-refractivity contribution is -0.132. The Morgan fingerprint density at radius 1 is 1.00 bits per heavy atom. The minimum atomic E-state index is -0.0380. The van der Waals surface area contributed by atoms with Crippen LogP contribution < -0.4 is 20.4 Å². The van der Waals surface area contributed by atoms with E-state index in [0.717, 1.165) is 41.4 Å². The molecule has 1 aromatic heterocycles. The highest BCUT2D eigenvalue weighted by Crippen LogP contribution is 2.24. The summed E-state index contributed by atoms with van der Waals surface area (Å²) < 4.78 is 5.02. The minimum absolute atomic E-state index is 0.0380. The van der Waals surface area contributed by atoms with Gasteiger partial charge < -0.3 is 30.1 Å². The first-order chi connectivity index (χ1) is 18.5. The Balaban J connectivity index is 1.34. The number of aromatic nitrogens is 2. The Morgan fingerprint density at radius 3 is 2.37 bits per heavy atom. The Hall–Kier alpha value is -4.18. The van der Waals surface area contributed by atoms with Crippen molar-refractivity contribution in [1.82, 2.24) is 20.2 Å². The number of ether oxygens (including phenoxy) is 1. The molecular formula is C28H35N7O3.